The van der Waals surface area contributed by atoms with Crippen LogP contribution in [0.3, 0.4) is 0 Å². The van der Waals surface area contributed by atoms with Crippen LogP contribution in [0.2, 0.25) is 0 Å². The molecule has 2 bridgehead atoms. The molecular weight excluding hydrogens is 857 g/mol. The van der Waals surface area contributed by atoms with Gasteiger partial charge in [0.15, 0.2) is 22.5 Å². The van der Waals surface area contributed by atoms with Gasteiger partial charge in [-0.25, -0.2) is 0 Å². The molecule has 4 heterocycles. The van der Waals surface area contributed by atoms with Gasteiger partial charge in [-0.05, 0) is 82.3 Å². The molecule has 3 N–H and O–H groups in total. The molecule has 3 fully saturated rings. The SMILES string of the molecule is C=C1CO[C@@H]2CC(=O)O[C@H](I)[C@@H](CO[C@@H]3OC(C)[C@@H](O)C(OC)C3OC)/C=C(C)/C=C/C(=O)[C@H](C)C[C@H](C(C=O)C1)[C@H](OC1OC(C)[C@@H](O)C(N(C)C)C1O)[C@H]2C. The number of aliphatic hydroxyl groups excluding tert-OH is 3. The minimum absolute atomic E-state index is 0.0196. The molecule has 0 aromatic carbocycles. The van der Waals surface area contributed by atoms with Crippen molar-refractivity contribution >= 4 is 40.6 Å². The van der Waals surface area contributed by atoms with Gasteiger partial charge in [-0.15, -0.1) is 0 Å². The Morgan fingerprint density at radius 2 is 1.58 bits per heavy atom. The second kappa shape index (κ2) is 21.7. The molecule has 0 amide bonds. The number of hydrogen-bond donors (Lipinski definition) is 3. The van der Waals surface area contributed by atoms with E-state index in [0.717, 1.165) is 6.29 Å². The maximum Gasteiger partial charge on any atom is 0.309 e. The predicted octanol–water partition coefficient (Wildman–Crippen LogP) is 2.76. The molecule has 57 heavy (non-hydrogen) atoms. The van der Waals surface area contributed by atoms with Gasteiger partial charge in [-0.3, -0.25) is 9.59 Å². The van der Waals surface area contributed by atoms with Crippen LogP contribution >= 0.6 is 22.6 Å². The number of halogens is 1. The normalized spacial score (nSPS) is 44.7. The third-order valence-electron chi connectivity index (χ3n) is 11.8. The molecule has 16 heteroatoms. The lowest BCUT2D eigenvalue weighted by Gasteiger charge is -2.47. The molecule has 18 atom stereocenters. The molecule has 4 aliphatic rings. The lowest BCUT2D eigenvalue weighted by atomic mass is 9.73. The number of rotatable bonds is 9. The van der Waals surface area contributed by atoms with Crippen molar-refractivity contribution in [1.82, 2.24) is 4.90 Å². The maximum absolute atomic E-state index is 13.9. The molecule has 0 spiro atoms. The second-order valence-electron chi connectivity index (χ2n) is 16.3. The highest BCUT2D eigenvalue weighted by Gasteiger charge is 2.49. The van der Waals surface area contributed by atoms with Crippen molar-refractivity contribution in [3.63, 3.8) is 0 Å². The first kappa shape index (κ1) is 48.0. The number of methoxy groups -OCH3 is 2. The summed E-state index contributed by atoms with van der Waals surface area (Å²) in [7, 11) is 6.44. The fourth-order valence-electron chi connectivity index (χ4n) is 8.35. The number of allylic oxidation sites excluding steroid dienone is 3. The number of alkyl halides is 1. The summed E-state index contributed by atoms with van der Waals surface area (Å²) >= 11 is 2.04. The molecule has 0 aromatic heterocycles. The average Bonchev–Trinajstić information content (AvgIpc) is 3.19. The van der Waals surface area contributed by atoms with Crippen molar-refractivity contribution in [2.45, 2.75) is 132 Å². The highest BCUT2D eigenvalue weighted by molar-refractivity contribution is 14.1. The topological polar surface area (TPSA) is 189 Å². The summed E-state index contributed by atoms with van der Waals surface area (Å²) in [5.41, 5.74) is 1.35. The third-order valence-corrected chi connectivity index (χ3v) is 13.0. The summed E-state index contributed by atoms with van der Waals surface area (Å²) in [5, 5.41) is 33.1. The van der Waals surface area contributed by atoms with E-state index in [0.29, 0.717) is 11.1 Å². The Morgan fingerprint density at radius 3 is 2.21 bits per heavy atom. The lowest BCUT2D eigenvalue weighted by molar-refractivity contribution is -0.305. The number of esters is 1. The third kappa shape index (κ3) is 12.0. The maximum atomic E-state index is 13.9. The van der Waals surface area contributed by atoms with Crippen molar-refractivity contribution in [2.24, 2.45) is 29.6 Å². The van der Waals surface area contributed by atoms with E-state index >= 15 is 0 Å². The number of likely N-dealkylation sites (N-methyl/N-ethyl adjacent to an activating group) is 1. The average molecular weight is 922 g/mol. The molecule has 324 valence electrons. The van der Waals surface area contributed by atoms with Gasteiger partial charge in [-0.1, -0.05) is 43.7 Å². The number of ketones is 1. The fraction of sp³-hybridized carbons (Fsp3) is 0.780. The molecule has 4 aliphatic heterocycles. The number of carbonyl (C=O) groups is 3. The molecule has 4 rings (SSSR count). The summed E-state index contributed by atoms with van der Waals surface area (Å²) in [6, 6.07) is -0.723. The van der Waals surface area contributed by atoms with Gasteiger partial charge in [0.2, 0.25) is 0 Å². The van der Waals surface area contributed by atoms with E-state index in [-0.39, 0.29) is 38.3 Å². The van der Waals surface area contributed by atoms with E-state index in [1.54, 1.807) is 45.8 Å². The van der Waals surface area contributed by atoms with Crippen LogP contribution in [0, 0.1) is 29.6 Å². The van der Waals surface area contributed by atoms with E-state index in [2.05, 4.69) is 6.58 Å². The monoisotopic (exact) mass is 921 g/mol. The molecular formula is C41H64INO14. The van der Waals surface area contributed by atoms with Crippen LogP contribution in [0.15, 0.2) is 36.0 Å². The largest absolute Gasteiger partial charge is 0.451 e. The number of cyclic esters (lactones) is 1. The Hall–Kier alpha value is -1.68. The first-order valence-electron chi connectivity index (χ1n) is 19.7. The molecule has 0 radical (unpaired) electrons. The summed E-state index contributed by atoms with van der Waals surface area (Å²) in [5.74, 6) is -3.62. The Morgan fingerprint density at radius 1 is 0.930 bits per heavy atom. The van der Waals surface area contributed by atoms with Crippen LogP contribution in [-0.2, 0) is 52.3 Å². The van der Waals surface area contributed by atoms with Crippen LogP contribution in [-0.4, -0.2) is 157 Å². The van der Waals surface area contributed by atoms with Crippen LogP contribution in [0.25, 0.3) is 0 Å². The minimum atomic E-state index is -1.28. The number of hydrogen-bond acceptors (Lipinski definition) is 15. The Labute approximate surface area is 350 Å². The number of carbonyl (C=O) groups excluding carboxylic acids is 3. The highest BCUT2D eigenvalue weighted by Crippen LogP contribution is 2.40. The first-order chi connectivity index (χ1) is 26.9. The van der Waals surface area contributed by atoms with Gasteiger partial charge in [0.25, 0.3) is 0 Å². The van der Waals surface area contributed by atoms with E-state index < -0.39 is 113 Å². The zero-order valence-electron chi connectivity index (χ0n) is 34.6. The fourth-order valence-corrected chi connectivity index (χ4v) is 9.05. The molecule has 8 unspecified atom stereocenters. The number of aldehydes is 1. The summed E-state index contributed by atoms with van der Waals surface area (Å²) in [4.78, 5) is 42.3. The number of nitrogens with zero attached hydrogens (tertiary/aromatic N) is 1. The lowest BCUT2D eigenvalue weighted by Crippen LogP contribution is -2.63. The van der Waals surface area contributed by atoms with E-state index in [9.17, 15) is 29.7 Å². The van der Waals surface area contributed by atoms with Crippen LogP contribution in [0.5, 0.6) is 0 Å². The van der Waals surface area contributed by atoms with Gasteiger partial charge in [-0.2, -0.15) is 0 Å². The number of aliphatic hydroxyl groups is 3. The molecule has 0 aromatic rings. The van der Waals surface area contributed by atoms with Gasteiger partial charge in [0.05, 0.1) is 56.2 Å². The Kier molecular flexibility index (Phi) is 18.3. The van der Waals surface area contributed by atoms with Crippen molar-refractivity contribution < 1.29 is 67.6 Å². The second-order valence-corrected chi connectivity index (χ2v) is 17.5. The Balaban J connectivity index is 1.71. The van der Waals surface area contributed by atoms with Gasteiger partial charge in [0.1, 0.15) is 30.7 Å². The van der Waals surface area contributed by atoms with Gasteiger partial charge >= 0.3 is 5.97 Å². The summed E-state index contributed by atoms with van der Waals surface area (Å²) < 4.78 is 47.8. The van der Waals surface area contributed by atoms with Crippen LogP contribution in [0.4, 0.5) is 0 Å². The smallest absolute Gasteiger partial charge is 0.309 e. The van der Waals surface area contributed by atoms with E-state index in [1.165, 1.54) is 20.3 Å². The van der Waals surface area contributed by atoms with Crippen LogP contribution < -0.4 is 0 Å². The van der Waals surface area contributed by atoms with E-state index in [1.807, 2.05) is 42.5 Å². The predicted molar refractivity (Wildman–Crippen MR) is 216 cm³/mol. The quantitative estimate of drug-likeness (QED) is 0.101. The number of ether oxygens (including phenoxy) is 8. The standard InChI is InChI=1S/C41H64INO14/c1-20-11-12-29(45)22(3)15-28-26(17-44)14-21(2)18-52-30(23(4)36(28)57-40-35(49)32(43(7)8)33(47)24(5)54-40)16-31(46)56-39(42)27(13-20)19-53-41-38(51-10)37(50-9)34(48)25(6)55-41/h11-13,17,22-28,30,32-41,47-49H,2,14-16,18-19H2,1,3-10H3/b12-11+,20-13+/t22-,23+,24?,25?,26?,27-,28-,30-,32?,33-,34-,35?,36-,37?,38?,39+,40?,41-/m1/s1. The van der Waals surface area contributed by atoms with Gasteiger partial charge in [0, 0.05) is 37.9 Å². The number of fused-ring (bicyclic) bond motifs is 3. The van der Waals surface area contributed by atoms with Crippen LogP contribution in [0.1, 0.15) is 53.9 Å². The van der Waals surface area contributed by atoms with Crippen molar-refractivity contribution in [3.05, 3.63) is 36.0 Å². The summed E-state index contributed by atoms with van der Waals surface area (Å²) in [6.07, 6.45) is -3.56. The zero-order valence-corrected chi connectivity index (χ0v) is 36.8. The van der Waals surface area contributed by atoms with Crippen molar-refractivity contribution in [1.29, 1.82) is 0 Å². The van der Waals surface area contributed by atoms with Crippen molar-refractivity contribution in [2.75, 3.05) is 41.5 Å². The van der Waals surface area contributed by atoms with E-state index in [4.69, 9.17) is 37.9 Å². The molecule has 0 saturated carbocycles. The summed E-state index contributed by atoms with van der Waals surface area (Å²) in [6.45, 7) is 13.1. The first-order valence-corrected chi connectivity index (χ1v) is 21.0. The Bertz CT molecular complexity index is 1430. The molecule has 3 saturated heterocycles. The van der Waals surface area contributed by atoms with Crippen molar-refractivity contribution in [3.8, 4) is 0 Å². The molecule has 0 aliphatic carbocycles. The molecule has 15 nitrogen and oxygen atoms in total. The van der Waals surface area contributed by atoms with Gasteiger partial charge < -0.3 is 62.9 Å². The minimum Gasteiger partial charge on any atom is -0.451 e. The zero-order chi connectivity index (χ0) is 42.3. The highest BCUT2D eigenvalue weighted by atomic mass is 127.